The van der Waals surface area contributed by atoms with Crippen LogP contribution in [-0.4, -0.2) is 12.4 Å². The highest BCUT2D eigenvalue weighted by atomic mass is 19.1. The number of hydrogen-bond donors (Lipinski definition) is 0. The van der Waals surface area contributed by atoms with Gasteiger partial charge in [-0.15, -0.1) is 0 Å². The van der Waals surface area contributed by atoms with Crippen LogP contribution in [0.25, 0.3) is 0 Å². The maximum Gasteiger partial charge on any atom is 0.166 e. The van der Waals surface area contributed by atoms with Crippen LogP contribution in [0.1, 0.15) is 22.8 Å². The van der Waals surface area contributed by atoms with E-state index in [1.807, 2.05) is 0 Å². The minimum Gasteiger partial charge on any atom is -0.492 e. The number of benzene rings is 1. The van der Waals surface area contributed by atoms with Gasteiger partial charge in [-0.3, -0.25) is 4.79 Å². The molecular formula is C10H8F2O2. The molecule has 0 spiro atoms. The number of halogens is 2. The molecule has 1 aromatic rings. The molecule has 2 nitrogen and oxygen atoms in total. The highest BCUT2D eigenvalue weighted by Gasteiger charge is 2.26. The predicted octanol–water partition coefficient (Wildman–Crippen LogP) is 2.10. The van der Waals surface area contributed by atoms with Crippen LogP contribution in [0.5, 0.6) is 5.75 Å². The lowest BCUT2D eigenvalue weighted by molar-refractivity contribution is 0.101. The Morgan fingerprint density at radius 2 is 2.14 bits per heavy atom. The molecule has 0 fully saturated rings. The van der Waals surface area contributed by atoms with Crippen LogP contribution in [-0.2, 0) is 6.42 Å². The molecule has 1 aliphatic rings. The van der Waals surface area contributed by atoms with Crippen molar-refractivity contribution in [3.05, 3.63) is 28.8 Å². The monoisotopic (exact) mass is 198 g/mol. The number of rotatable bonds is 1. The fourth-order valence-electron chi connectivity index (χ4n) is 1.61. The molecule has 0 N–H and O–H groups in total. The van der Waals surface area contributed by atoms with E-state index in [0.29, 0.717) is 18.6 Å². The van der Waals surface area contributed by atoms with Gasteiger partial charge in [-0.2, -0.15) is 0 Å². The van der Waals surface area contributed by atoms with Gasteiger partial charge in [0.2, 0.25) is 0 Å². The number of Topliss-reactive ketones (excluding diaryl/α,β-unsaturated/α-hetero) is 1. The SMILES string of the molecule is CC(=O)c1c(F)cc(F)c2c1OCC2. The summed E-state index contributed by atoms with van der Waals surface area (Å²) in [7, 11) is 0. The second-order valence-corrected chi connectivity index (χ2v) is 3.18. The zero-order valence-electron chi connectivity index (χ0n) is 7.56. The molecule has 1 aromatic carbocycles. The maximum absolute atomic E-state index is 13.2. The van der Waals surface area contributed by atoms with Crippen molar-refractivity contribution in [2.24, 2.45) is 0 Å². The molecule has 0 unspecified atom stereocenters. The van der Waals surface area contributed by atoms with Gasteiger partial charge >= 0.3 is 0 Å². The lowest BCUT2D eigenvalue weighted by Crippen LogP contribution is -2.02. The van der Waals surface area contributed by atoms with Crippen LogP contribution >= 0.6 is 0 Å². The van der Waals surface area contributed by atoms with E-state index in [1.54, 1.807) is 0 Å². The molecule has 1 heterocycles. The van der Waals surface area contributed by atoms with Gasteiger partial charge in [-0.1, -0.05) is 0 Å². The fraction of sp³-hybridized carbons (Fsp3) is 0.300. The van der Waals surface area contributed by atoms with Crippen LogP contribution in [0.2, 0.25) is 0 Å². The molecule has 0 radical (unpaired) electrons. The topological polar surface area (TPSA) is 26.3 Å². The molecule has 0 saturated carbocycles. The molecule has 14 heavy (non-hydrogen) atoms. The second kappa shape index (κ2) is 3.04. The van der Waals surface area contributed by atoms with E-state index in [4.69, 9.17) is 4.74 Å². The minimum absolute atomic E-state index is 0.0787. The number of ether oxygens (including phenoxy) is 1. The van der Waals surface area contributed by atoms with Crippen molar-refractivity contribution in [2.45, 2.75) is 13.3 Å². The van der Waals surface area contributed by atoms with Crippen molar-refractivity contribution in [1.29, 1.82) is 0 Å². The molecule has 0 amide bonds. The lowest BCUT2D eigenvalue weighted by Gasteiger charge is -2.06. The van der Waals surface area contributed by atoms with Gasteiger partial charge in [-0.25, -0.2) is 8.78 Å². The van der Waals surface area contributed by atoms with E-state index in [-0.39, 0.29) is 11.3 Å². The third kappa shape index (κ3) is 1.18. The van der Waals surface area contributed by atoms with Crippen LogP contribution in [0.15, 0.2) is 6.07 Å². The Kier molecular flexibility index (Phi) is 1.98. The van der Waals surface area contributed by atoms with Crippen molar-refractivity contribution in [2.75, 3.05) is 6.61 Å². The highest BCUT2D eigenvalue weighted by Crippen LogP contribution is 2.33. The number of hydrogen-bond acceptors (Lipinski definition) is 2. The smallest absolute Gasteiger partial charge is 0.166 e. The molecule has 0 aromatic heterocycles. The van der Waals surface area contributed by atoms with Gasteiger partial charge in [0.15, 0.2) is 5.78 Å². The molecule has 0 aliphatic carbocycles. The van der Waals surface area contributed by atoms with E-state index in [2.05, 4.69) is 0 Å². The lowest BCUT2D eigenvalue weighted by atomic mass is 10.0. The van der Waals surface area contributed by atoms with Gasteiger partial charge in [0.1, 0.15) is 17.4 Å². The molecule has 0 saturated heterocycles. The number of ketones is 1. The first kappa shape index (κ1) is 9.12. The molecule has 0 bridgehead atoms. The Morgan fingerprint density at radius 3 is 2.79 bits per heavy atom. The summed E-state index contributed by atoms with van der Waals surface area (Å²) in [6.07, 6.45) is 0.391. The summed E-state index contributed by atoms with van der Waals surface area (Å²) in [5.41, 5.74) is 0.163. The fourth-order valence-corrected chi connectivity index (χ4v) is 1.61. The summed E-state index contributed by atoms with van der Waals surface area (Å²) in [6.45, 7) is 1.54. The first-order valence-electron chi connectivity index (χ1n) is 4.26. The summed E-state index contributed by atoms with van der Waals surface area (Å²) in [5.74, 6) is -1.86. The molecule has 0 atom stereocenters. The molecule has 74 valence electrons. The van der Waals surface area contributed by atoms with Crippen molar-refractivity contribution >= 4 is 5.78 Å². The van der Waals surface area contributed by atoms with E-state index in [9.17, 15) is 13.6 Å². The number of fused-ring (bicyclic) bond motifs is 1. The van der Waals surface area contributed by atoms with Crippen molar-refractivity contribution in [3.8, 4) is 5.75 Å². The average Bonchev–Trinajstić information content (AvgIpc) is 2.51. The van der Waals surface area contributed by atoms with Gasteiger partial charge in [0, 0.05) is 18.1 Å². The molecule has 2 rings (SSSR count). The van der Waals surface area contributed by atoms with E-state index in [1.165, 1.54) is 6.92 Å². The molecule has 4 heteroatoms. The van der Waals surface area contributed by atoms with Crippen LogP contribution in [0.4, 0.5) is 8.78 Å². The van der Waals surface area contributed by atoms with Gasteiger partial charge < -0.3 is 4.74 Å². The minimum atomic E-state index is -0.851. The largest absolute Gasteiger partial charge is 0.492 e. The Hall–Kier alpha value is -1.45. The average molecular weight is 198 g/mol. The Labute approximate surface area is 79.5 Å². The van der Waals surface area contributed by atoms with E-state index < -0.39 is 17.4 Å². The first-order chi connectivity index (χ1) is 6.61. The van der Waals surface area contributed by atoms with Crippen molar-refractivity contribution < 1.29 is 18.3 Å². The Morgan fingerprint density at radius 1 is 1.43 bits per heavy atom. The number of carbonyl (C=O) groups excluding carboxylic acids is 1. The third-order valence-electron chi connectivity index (χ3n) is 2.23. The van der Waals surface area contributed by atoms with Gasteiger partial charge in [0.25, 0.3) is 0 Å². The Balaban J connectivity index is 2.72. The third-order valence-corrected chi connectivity index (χ3v) is 2.23. The second-order valence-electron chi connectivity index (χ2n) is 3.18. The summed E-state index contributed by atoms with van der Waals surface area (Å²) >= 11 is 0. The summed E-state index contributed by atoms with van der Waals surface area (Å²) < 4.78 is 31.4. The van der Waals surface area contributed by atoms with E-state index in [0.717, 1.165) is 6.07 Å². The van der Waals surface area contributed by atoms with Gasteiger partial charge in [0.05, 0.1) is 12.2 Å². The molecular weight excluding hydrogens is 190 g/mol. The summed E-state index contributed by atoms with van der Waals surface area (Å²) in [5, 5.41) is 0. The zero-order valence-corrected chi connectivity index (χ0v) is 7.56. The Bertz CT molecular complexity index is 413. The quantitative estimate of drug-likeness (QED) is 0.646. The standard InChI is InChI=1S/C10H8F2O2/c1-5(13)9-8(12)4-7(11)6-2-3-14-10(6)9/h4H,2-3H2,1H3. The van der Waals surface area contributed by atoms with Crippen molar-refractivity contribution in [3.63, 3.8) is 0 Å². The van der Waals surface area contributed by atoms with E-state index >= 15 is 0 Å². The maximum atomic E-state index is 13.2. The van der Waals surface area contributed by atoms with Crippen LogP contribution < -0.4 is 4.74 Å². The van der Waals surface area contributed by atoms with Crippen LogP contribution in [0.3, 0.4) is 0 Å². The zero-order chi connectivity index (χ0) is 10.3. The normalized spacial score (nSPS) is 13.6. The molecule has 1 aliphatic heterocycles. The van der Waals surface area contributed by atoms with Gasteiger partial charge in [-0.05, 0) is 6.92 Å². The first-order valence-corrected chi connectivity index (χ1v) is 4.26. The number of carbonyl (C=O) groups is 1. The highest BCUT2D eigenvalue weighted by molar-refractivity contribution is 5.97. The summed E-state index contributed by atoms with van der Waals surface area (Å²) in [4.78, 5) is 11.1. The summed E-state index contributed by atoms with van der Waals surface area (Å²) in [6, 6.07) is 0.740. The predicted molar refractivity (Wildman–Crippen MR) is 45.6 cm³/mol. The van der Waals surface area contributed by atoms with Crippen LogP contribution in [0, 0.1) is 11.6 Å². The van der Waals surface area contributed by atoms with Crippen molar-refractivity contribution in [1.82, 2.24) is 0 Å².